The summed E-state index contributed by atoms with van der Waals surface area (Å²) in [5.41, 5.74) is 4.89. The predicted octanol–water partition coefficient (Wildman–Crippen LogP) is 3.42. The third-order valence-electron chi connectivity index (χ3n) is 6.39. The Morgan fingerprint density at radius 3 is 2.56 bits per heavy atom. The molecular weight excluding hydrogens is 457 g/mol. The summed E-state index contributed by atoms with van der Waals surface area (Å²) < 4.78 is 42.3. The lowest BCUT2D eigenvalue weighted by Gasteiger charge is -2.30. The molecule has 0 atom stereocenters. The maximum Gasteiger partial charge on any atom is 0.237 e. The molecule has 0 spiro atoms. The van der Waals surface area contributed by atoms with Gasteiger partial charge in [-0.15, -0.1) is 0 Å². The van der Waals surface area contributed by atoms with Crippen molar-refractivity contribution in [3.05, 3.63) is 66.2 Å². The number of nitrogens with zero attached hydrogens (tertiary/aromatic N) is 4. The van der Waals surface area contributed by atoms with Gasteiger partial charge in [0.05, 0.1) is 28.9 Å². The fourth-order valence-electron chi connectivity index (χ4n) is 4.72. The first-order chi connectivity index (χ1) is 16.4. The van der Waals surface area contributed by atoms with Crippen molar-refractivity contribution in [2.75, 3.05) is 22.7 Å². The molecule has 1 fully saturated rings. The first-order valence-electron chi connectivity index (χ1n) is 11.1. The van der Waals surface area contributed by atoms with Crippen molar-refractivity contribution in [1.29, 1.82) is 0 Å². The molecule has 2 aromatic heterocycles. The third kappa shape index (κ3) is 3.59. The van der Waals surface area contributed by atoms with Gasteiger partial charge in [0.2, 0.25) is 10.0 Å². The number of sulfonamides is 1. The number of rotatable bonds is 3. The Kier molecular flexibility index (Phi) is 4.82. The second-order valence-corrected chi connectivity index (χ2v) is 10.4. The highest BCUT2D eigenvalue weighted by Crippen LogP contribution is 2.38. The van der Waals surface area contributed by atoms with Crippen molar-refractivity contribution >= 4 is 27.2 Å². The average molecular weight is 480 g/mol. The molecule has 0 unspecified atom stereocenters. The van der Waals surface area contributed by atoms with E-state index >= 15 is 0 Å². The fourth-order valence-corrected chi connectivity index (χ4v) is 5.97. The van der Waals surface area contributed by atoms with Crippen LogP contribution in [0.5, 0.6) is 0 Å². The molecule has 0 saturated carbocycles. The molecule has 6 rings (SSSR count). The highest BCUT2D eigenvalue weighted by atomic mass is 32.2. The standard InChI is InChI=1S/C24H22FN5O3S/c25-18-4-1-15(2-5-18)21-22(16-3-6-20-17(13-16)14-34(32,33)28-20)30-12-9-26-23(24(30)27-21)29-10-7-19(31)8-11-29/h1-6,9,12-13,19,28,31H,7-8,10-11,14H2. The van der Waals surface area contributed by atoms with Crippen LogP contribution in [0.25, 0.3) is 28.2 Å². The highest BCUT2D eigenvalue weighted by Gasteiger charge is 2.27. The molecule has 0 amide bonds. The maximum absolute atomic E-state index is 13.7. The summed E-state index contributed by atoms with van der Waals surface area (Å²) in [4.78, 5) is 11.7. The molecule has 0 radical (unpaired) electrons. The van der Waals surface area contributed by atoms with Crippen LogP contribution in [-0.4, -0.2) is 47.1 Å². The number of aliphatic hydroxyl groups is 1. The first kappa shape index (κ1) is 21.1. The van der Waals surface area contributed by atoms with E-state index in [9.17, 15) is 17.9 Å². The van der Waals surface area contributed by atoms with Crippen molar-refractivity contribution in [2.24, 2.45) is 0 Å². The number of fused-ring (bicyclic) bond motifs is 2. The Balaban J connectivity index is 1.56. The van der Waals surface area contributed by atoms with Gasteiger partial charge in [-0.1, -0.05) is 6.07 Å². The molecule has 2 aromatic carbocycles. The second-order valence-electron chi connectivity index (χ2n) is 8.71. The topological polar surface area (TPSA) is 99.8 Å². The van der Waals surface area contributed by atoms with E-state index in [4.69, 9.17) is 4.98 Å². The summed E-state index contributed by atoms with van der Waals surface area (Å²) in [7, 11) is -3.38. The van der Waals surface area contributed by atoms with E-state index in [-0.39, 0.29) is 17.7 Å². The van der Waals surface area contributed by atoms with E-state index in [1.54, 1.807) is 24.4 Å². The predicted molar refractivity (Wildman–Crippen MR) is 128 cm³/mol. The van der Waals surface area contributed by atoms with Gasteiger partial charge in [-0.2, -0.15) is 0 Å². The van der Waals surface area contributed by atoms with Gasteiger partial charge in [-0.05, 0) is 54.8 Å². The van der Waals surface area contributed by atoms with Crippen molar-refractivity contribution in [2.45, 2.75) is 24.7 Å². The van der Waals surface area contributed by atoms with Crippen molar-refractivity contribution in [3.63, 3.8) is 0 Å². The number of anilines is 2. The van der Waals surface area contributed by atoms with Crippen LogP contribution in [0.1, 0.15) is 18.4 Å². The van der Waals surface area contributed by atoms with Gasteiger partial charge in [-0.3, -0.25) is 9.12 Å². The number of aromatic nitrogens is 3. The summed E-state index contributed by atoms with van der Waals surface area (Å²) in [6.07, 6.45) is 4.56. The fraction of sp³-hybridized carbons (Fsp3) is 0.250. The van der Waals surface area contributed by atoms with Gasteiger partial charge in [0.25, 0.3) is 0 Å². The quantitative estimate of drug-likeness (QED) is 0.467. The van der Waals surface area contributed by atoms with Gasteiger partial charge in [0, 0.05) is 36.6 Å². The number of piperidine rings is 1. The van der Waals surface area contributed by atoms with Crippen molar-refractivity contribution in [3.8, 4) is 22.5 Å². The Hall–Kier alpha value is -3.50. The number of hydrogen-bond acceptors (Lipinski definition) is 6. The first-order valence-corrected chi connectivity index (χ1v) is 12.7. The molecule has 2 N–H and O–H groups in total. The van der Waals surface area contributed by atoms with E-state index in [1.165, 1.54) is 12.1 Å². The van der Waals surface area contributed by atoms with Crippen molar-refractivity contribution < 1.29 is 17.9 Å². The Labute approximate surface area is 195 Å². The van der Waals surface area contributed by atoms with Crippen LogP contribution in [0.3, 0.4) is 0 Å². The molecule has 4 aromatic rings. The molecule has 174 valence electrons. The van der Waals surface area contributed by atoms with Crippen LogP contribution >= 0.6 is 0 Å². The van der Waals surface area contributed by atoms with Crippen LogP contribution in [0.4, 0.5) is 15.9 Å². The van der Waals surface area contributed by atoms with Crippen LogP contribution in [0.15, 0.2) is 54.9 Å². The summed E-state index contributed by atoms with van der Waals surface area (Å²) in [5.74, 6) is 0.299. The van der Waals surface area contributed by atoms with Crippen LogP contribution < -0.4 is 9.62 Å². The summed E-state index contributed by atoms with van der Waals surface area (Å²) in [6.45, 7) is 1.34. The maximum atomic E-state index is 13.7. The smallest absolute Gasteiger partial charge is 0.237 e. The number of imidazole rings is 1. The molecule has 8 nitrogen and oxygen atoms in total. The van der Waals surface area contributed by atoms with Crippen molar-refractivity contribution in [1.82, 2.24) is 14.4 Å². The average Bonchev–Trinajstić information content (AvgIpc) is 3.35. The van der Waals surface area contributed by atoms with Crippen LogP contribution in [0.2, 0.25) is 0 Å². The molecule has 10 heteroatoms. The second kappa shape index (κ2) is 7.78. The molecule has 2 aliphatic rings. The van der Waals surface area contributed by atoms with Crippen LogP contribution in [0, 0.1) is 5.82 Å². The number of halogens is 1. The van der Waals surface area contributed by atoms with Gasteiger partial charge in [0.1, 0.15) is 5.82 Å². The summed E-state index contributed by atoms with van der Waals surface area (Å²) >= 11 is 0. The molecule has 4 heterocycles. The molecular formula is C24H22FN5O3S. The molecule has 0 aliphatic carbocycles. The summed E-state index contributed by atoms with van der Waals surface area (Å²) in [6, 6.07) is 11.6. The molecule has 1 saturated heterocycles. The third-order valence-corrected chi connectivity index (χ3v) is 7.62. The summed E-state index contributed by atoms with van der Waals surface area (Å²) in [5, 5.41) is 9.92. The molecule has 34 heavy (non-hydrogen) atoms. The number of aliphatic hydroxyl groups excluding tert-OH is 1. The lowest BCUT2D eigenvalue weighted by Crippen LogP contribution is -2.36. The van der Waals surface area contributed by atoms with Crippen LogP contribution in [-0.2, 0) is 15.8 Å². The Bertz CT molecular complexity index is 1510. The Morgan fingerprint density at radius 2 is 1.79 bits per heavy atom. The zero-order valence-corrected chi connectivity index (χ0v) is 19.0. The largest absolute Gasteiger partial charge is 0.393 e. The minimum Gasteiger partial charge on any atom is -0.393 e. The highest BCUT2D eigenvalue weighted by molar-refractivity contribution is 7.92. The van der Waals surface area contributed by atoms with E-state index in [0.717, 1.165) is 22.6 Å². The Morgan fingerprint density at radius 1 is 1.06 bits per heavy atom. The van der Waals surface area contributed by atoms with Gasteiger partial charge >= 0.3 is 0 Å². The van der Waals surface area contributed by atoms with Gasteiger partial charge in [-0.25, -0.2) is 22.8 Å². The lowest BCUT2D eigenvalue weighted by molar-refractivity contribution is 0.145. The normalized spacial score (nSPS) is 17.6. The van der Waals surface area contributed by atoms with E-state index < -0.39 is 10.0 Å². The monoisotopic (exact) mass is 479 g/mol. The molecule has 0 bridgehead atoms. The lowest BCUT2D eigenvalue weighted by atomic mass is 10.0. The zero-order valence-electron chi connectivity index (χ0n) is 18.1. The molecule has 2 aliphatic heterocycles. The van der Waals surface area contributed by atoms with Gasteiger partial charge < -0.3 is 10.0 Å². The number of nitrogens with one attached hydrogen (secondary N) is 1. The number of hydrogen-bond donors (Lipinski definition) is 2. The van der Waals surface area contributed by atoms with E-state index in [0.29, 0.717) is 48.5 Å². The zero-order chi connectivity index (χ0) is 23.4. The van der Waals surface area contributed by atoms with E-state index in [1.807, 2.05) is 22.7 Å². The van der Waals surface area contributed by atoms with Gasteiger partial charge in [0.15, 0.2) is 11.5 Å². The minimum atomic E-state index is -3.38. The SMILES string of the molecule is O=S1(=O)Cc2cc(-c3c(-c4ccc(F)cc4)nc4c(N5CCC(O)CC5)nccn34)ccc2N1. The van der Waals surface area contributed by atoms with E-state index in [2.05, 4.69) is 14.6 Å². The number of benzene rings is 2. The minimum absolute atomic E-state index is 0.0816.